The fourth-order valence-electron chi connectivity index (χ4n) is 2.44. The van der Waals surface area contributed by atoms with Gasteiger partial charge in [0.05, 0.1) is 5.41 Å². The molecule has 0 radical (unpaired) electrons. The fourth-order valence-corrected chi connectivity index (χ4v) is 2.44. The largest absolute Gasteiger partial charge is 0.302 e. The molecule has 0 saturated carbocycles. The Hall–Kier alpha value is -0.700. The minimum absolute atomic E-state index is 0.176. The van der Waals surface area contributed by atoms with Crippen molar-refractivity contribution >= 4 is 12.1 Å². The summed E-state index contributed by atoms with van der Waals surface area (Å²) in [5, 5.41) is 0. The average Bonchev–Trinajstić information content (AvgIpc) is 2.42. The van der Waals surface area contributed by atoms with Gasteiger partial charge in [0, 0.05) is 6.54 Å². The van der Waals surface area contributed by atoms with Gasteiger partial charge in [-0.05, 0) is 32.4 Å². The Bertz CT molecular complexity index is 223. The first-order chi connectivity index (χ1) is 5.77. The molecule has 2 fully saturated rings. The number of nitrogens with zero attached hydrogens (tertiary/aromatic N) is 1. The number of carbonyl (C=O) groups excluding carboxylic acids is 2. The van der Waals surface area contributed by atoms with Crippen LogP contribution in [0.15, 0.2) is 0 Å². The van der Waals surface area contributed by atoms with Gasteiger partial charge in [-0.3, -0.25) is 9.59 Å². The van der Waals surface area contributed by atoms with Crippen LogP contribution >= 0.6 is 0 Å². The van der Waals surface area contributed by atoms with Gasteiger partial charge < -0.3 is 4.90 Å². The van der Waals surface area contributed by atoms with Crippen LogP contribution in [0.1, 0.15) is 19.3 Å². The van der Waals surface area contributed by atoms with E-state index in [2.05, 4.69) is 4.90 Å². The molecule has 3 nitrogen and oxygen atoms in total. The molecule has 0 N–H and O–H groups in total. The van der Waals surface area contributed by atoms with Crippen molar-refractivity contribution in [3.05, 3.63) is 0 Å². The van der Waals surface area contributed by atoms with Crippen molar-refractivity contribution in [2.75, 3.05) is 19.6 Å². The molecule has 0 spiro atoms. The van der Waals surface area contributed by atoms with Gasteiger partial charge >= 0.3 is 0 Å². The van der Waals surface area contributed by atoms with Gasteiger partial charge in [0.15, 0.2) is 6.29 Å². The zero-order valence-electron chi connectivity index (χ0n) is 7.08. The molecule has 2 unspecified atom stereocenters. The number of fused-ring (bicyclic) bond motifs is 2. The van der Waals surface area contributed by atoms with Crippen LogP contribution in [0, 0.1) is 5.41 Å². The van der Waals surface area contributed by atoms with Gasteiger partial charge in [-0.2, -0.15) is 0 Å². The van der Waals surface area contributed by atoms with Crippen molar-refractivity contribution in [1.82, 2.24) is 4.90 Å². The van der Waals surface area contributed by atoms with Gasteiger partial charge in [-0.1, -0.05) is 0 Å². The molecule has 0 aromatic carbocycles. The standard InChI is InChI=1S/C9H13NO2/c11-6-8(12)9-2-1-4-10(7-9)5-3-9/h6H,1-5,7H2. The molecule has 2 atom stereocenters. The van der Waals surface area contributed by atoms with Gasteiger partial charge in [0.25, 0.3) is 0 Å². The lowest BCUT2D eigenvalue weighted by molar-refractivity contribution is -0.137. The molecule has 66 valence electrons. The molecule has 2 heterocycles. The number of Topliss-reactive ketones (excluding diaryl/α,β-unsaturated/α-hetero) is 1. The Labute approximate surface area is 71.7 Å². The predicted molar refractivity (Wildman–Crippen MR) is 43.8 cm³/mol. The van der Waals surface area contributed by atoms with E-state index in [4.69, 9.17) is 0 Å². The van der Waals surface area contributed by atoms with Gasteiger partial charge in [0.1, 0.15) is 0 Å². The van der Waals surface area contributed by atoms with Crippen LogP contribution in [0.3, 0.4) is 0 Å². The van der Waals surface area contributed by atoms with Crippen molar-refractivity contribution in [3.63, 3.8) is 0 Å². The van der Waals surface area contributed by atoms with Crippen molar-refractivity contribution in [3.8, 4) is 0 Å². The molecule has 2 bridgehead atoms. The quantitative estimate of drug-likeness (QED) is 0.436. The highest BCUT2D eigenvalue weighted by Crippen LogP contribution is 2.39. The molecule has 2 rings (SSSR count). The third-order valence-corrected chi connectivity index (χ3v) is 3.19. The number of rotatable bonds is 2. The molecule has 3 heteroatoms. The highest BCUT2D eigenvalue weighted by atomic mass is 16.2. The van der Waals surface area contributed by atoms with Crippen LogP contribution in [-0.2, 0) is 9.59 Å². The van der Waals surface area contributed by atoms with Gasteiger partial charge in [0.2, 0.25) is 5.78 Å². The molecule has 0 aromatic rings. The first-order valence-corrected chi connectivity index (χ1v) is 4.49. The zero-order chi connectivity index (χ0) is 8.60. The van der Waals surface area contributed by atoms with E-state index in [0.717, 1.165) is 38.9 Å². The molecule has 2 aliphatic heterocycles. The topological polar surface area (TPSA) is 37.4 Å². The highest BCUT2D eigenvalue weighted by Gasteiger charge is 2.45. The lowest BCUT2D eigenvalue weighted by Gasteiger charge is -2.30. The Morgan fingerprint density at radius 2 is 2.17 bits per heavy atom. The summed E-state index contributed by atoms with van der Waals surface area (Å²) in [5.74, 6) is -0.176. The molecular formula is C9H13NO2. The first-order valence-electron chi connectivity index (χ1n) is 4.49. The van der Waals surface area contributed by atoms with Crippen LogP contribution < -0.4 is 0 Å². The summed E-state index contributed by atoms with van der Waals surface area (Å²) in [6.07, 6.45) is 3.39. The number of aldehydes is 1. The summed E-state index contributed by atoms with van der Waals surface area (Å²) in [6, 6.07) is 0. The lowest BCUT2D eigenvalue weighted by atomic mass is 9.78. The van der Waals surface area contributed by atoms with Crippen molar-refractivity contribution in [2.45, 2.75) is 19.3 Å². The van der Waals surface area contributed by atoms with Crippen molar-refractivity contribution < 1.29 is 9.59 Å². The number of carbonyl (C=O) groups is 2. The SMILES string of the molecule is O=CC(=O)C12CCCN(CC1)C2. The van der Waals surface area contributed by atoms with Crippen LogP contribution in [0.25, 0.3) is 0 Å². The van der Waals surface area contributed by atoms with Crippen molar-refractivity contribution in [1.29, 1.82) is 0 Å². The van der Waals surface area contributed by atoms with Crippen molar-refractivity contribution in [2.24, 2.45) is 5.41 Å². The molecule has 0 aliphatic carbocycles. The second-order valence-electron chi connectivity index (χ2n) is 3.89. The Morgan fingerprint density at radius 3 is 2.92 bits per heavy atom. The predicted octanol–water partition coefficient (Wildman–Crippen LogP) is 0.240. The number of hydrogen-bond donors (Lipinski definition) is 0. The Balaban J connectivity index is 2.20. The Morgan fingerprint density at radius 1 is 1.33 bits per heavy atom. The smallest absolute Gasteiger partial charge is 0.202 e. The molecule has 2 aliphatic rings. The summed E-state index contributed by atoms with van der Waals surface area (Å²) in [5.41, 5.74) is -0.278. The van der Waals surface area contributed by atoms with E-state index in [9.17, 15) is 9.59 Å². The van der Waals surface area contributed by atoms with Crippen LogP contribution in [0.2, 0.25) is 0 Å². The van der Waals surface area contributed by atoms with E-state index in [1.54, 1.807) is 0 Å². The van der Waals surface area contributed by atoms with E-state index in [-0.39, 0.29) is 11.2 Å². The maximum atomic E-state index is 11.4. The minimum Gasteiger partial charge on any atom is -0.302 e. The second-order valence-corrected chi connectivity index (χ2v) is 3.89. The van der Waals surface area contributed by atoms with Gasteiger partial charge in [-0.25, -0.2) is 0 Å². The first kappa shape index (κ1) is 7.92. The summed E-state index contributed by atoms with van der Waals surface area (Å²) in [4.78, 5) is 24.1. The van der Waals surface area contributed by atoms with E-state index in [1.165, 1.54) is 0 Å². The Kier molecular flexibility index (Phi) is 1.76. The molecule has 12 heavy (non-hydrogen) atoms. The maximum Gasteiger partial charge on any atom is 0.202 e. The van der Waals surface area contributed by atoms with E-state index >= 15 is 0 Å². The minimum atomic E-state index is -0.278. The van der Waals surface area contributed by atoms with E-state index in [0.29, 0.717) is 6.29 Å². The van der Waals surface area contributed by atoms with E-state index in [1.807, 2.05) is 0 Å². The molecule has 0 amide bonds. The third-order valence-electron chi connectivity index (χ3n) is 3.19. The van der Waals surface area contributed by atoms with Crippen LogP contribution in [0.4, 0.5) is 0 Å². The normalized spacial score (nSPS) is 39.5. The number of ketones is 1. The summed E-state index contributed by atoms with van der Waals surface area (Å²) >= 11 is 0. The second kappa shape index (κ2) is 2.66. The number of piperidine rings is 1. The molecule has 2 saturated heterocycles. The molecular weight excluding hydrogens is 154 g/mol. The maximum absolute atomic E-state index is 11.4. The molecule has 0 aromatic heterocycles. The highest BCUT2D eigenvalue weighted by molar-refractivity contribution is 6.27. The summed E-state index contributed by atoms with van der Waals surface area (Å²) < 4.78 is 0. The van der Waals surface area contributed by atoms with Gasteiger partial charge in [-0.15, -0.1) is 0 Å². The third kappa shape index (κ3) is 1.00. The number of hydrogen-bond acceptors (Lipinski definition) is 3. The zero-order valence-corrected chi connectivity index (χ0v) is 7.08. The lowest BCUT2D eigenvalue weighted by Crippen LogP contribution is -2.39. The average molecular weight is 167 g/mol. The summed E-state index contributed by atoms with van der Waals surface area (Å²) in [7, 11) is 0. The van der Waals surface area contributed by atoms with Crippen LogP contribution in [-0.4, -0.2) is 36.6 Å². The monoisotopic (exact) mass is 167 g/mol. The van der Waals surface area contributed by atoms with E-state index < -0.39 is 0 Å². The fraction of sp³-hybridized carbons (Fsp3) is 0.778. The van der Waals surface area contributed by atoms with Crippen LogP contribution in [0.5, 0.6) is 0 Å². The summed E-state index contributed by atoms with van der Waals surface area (Å²) in [6.45, 7) is 2.93.